The minimum Gasteiger partial charge on any atom is -0.756 e. The molecule has 4 saturated heterocycles. The van der Waals surface area contributed by atoms with E-state index in [0.29, 0.717) is 73.3 Å². The average Bonchev–Trinajstić information content (AvgIpc) is 1.67. The summed E-state index contributed by atoms with van der Waals surface area (Å²) in [5.74, 6) is 0.801. The van der Waals surface area contributed by atoms with Gasteiger partial charge in [0.2, 0.25) is 23.7 Å². The fraction of sp³-hybridized carbons (Fsp3) is 0.681. The summed E-state index contributed by atoms with van der Waals surface area (Å²) >= 11 is 1.91. The van der Waals surface area contributed by atoms with E-state index in [-0.39, 0.29) is 59.5 Å². The number of hydrogen-bond donors (Lipinski definition) is 10. The summed E-state index contributed by atoms with van der Waals surface area (Å²) in [6.07, 6.45) is -1.97. The first-order valence-corrected chi connectivity index (χ1v) is 34.7. The number of fused-ring (bicyclic) bond motifs is 2. The van der Waals surface area contributed by atoms with Crippen LogP contribution in [-0.4, -0.2) is 172 Å². The second-order valence-electron chi connectivity index (χ2n) is 21.1. The number of aliphatic hydroxyl groups is 4. The first kappa shape index (κ1) is 70.7. The lowest BCUT2D eigenvalue weighted by Gasteiger charge is -2.36. The number of H-pyrrole nitrogens is 2. The SMILES string of the molecule is C[N+]1=C=[N+]([C@@H]2O[C@H](COP(=O)([O-])OP(=O)([O-])OP(=O)([O-])OP(=O)([O-])OC[C@H]3O[C@@H](n4cc(/C=C/CNC(=O)CCCCCCC(=O)CCCCCNC(=O)CCCC[C@H]5SC[C@H]6NC(=O)C[C@H]65)c(=O)[nH]c4=O)C(O)[C@H]3O)C(O)C2O)c2nc(N)[nH]c(=O)c21. The molecule has 0 spiro atoms. The second-order valence-corrected chi connectivity index (χ2v) is 28.4. The van der Waals surface area contributed by atoms with Crippen LogP contribution in [0.4, 0.5) is 17.5 Å². The van der Waals surface area contributed by atoms with Gasteiger partial charge in [-0.1, -0.05) is 42.4 Å². The summed E-state index contributed by atoms with van der Waals surface area (Å²) < 4.78 is 82.7. The van der Waals surface area contributed by atoms with Crippen LogP contribution in [0.5, 0.6) is 0 Å². The molecule has 88 heavy (non-hydrogen) atoms. The highest BCUT2D eigenvalue weighted by Crippen LogP contribution is 2.67. The zero-order valence-electron chi connectivity index (χ0n) is 47.1. The monoisotopic (exact) mass is 1340 g/mol. The van der Waals surface area contributed by atoms with Gasteiger partial charge < -0.3 is 80.2 Å². The quantitative estimate of drug-likeness (QED) is 0.0186. The zero-order valence-corrected chi connectivity index (χ0v) is 51.5. The number of nitrogen functional groups attached to an aromatic ring is 1. The van der Waals surface area contributed by atoms with Crippen molar-refractivity contribution < 1.29 is 118 Å². The van der Waals surface area contributed by atoms with Crippen molar-refractivity contribution in [1.29, 1.82) is 0 Å². The fourth-order valence-corrected chi connectivity index (χ4v) is 16.6. The van der Waals surface area contributed by atoms with Gasteiger partial charge in [-0.2, -0.15) is 11.8 Å². The Balaban J connectivity index is 0.747. The van der Waals surface area contributed by atoms with Gasteiger partial charge in [-0.3, -0.25) is 61.6 Å². The molecule has 5 aliphatic rings. The topological polar surface area (TPSA) is 543 Å². The molecule has 36 nitrogen and oxygen atoms in total. The second kappa shape index (κ2) is 31.0. The van der Waals surface area contributed by atoms with Gasteiger partial charge in [0, 0.05) is 74.4 Å². The Bertz CT molecular complexity index is 3380. The largest absolute Gasteiger partial charge is 0.756 e. The van der Waals surface area contributed by atoms with Gasteiger partial charge in [0.15, 0.2) is 19.4 Å². The lowest BCUT2D eigenvalue weighted by Crippen LogP contribution is -2.38. The van der Waals surface area contributed by atoms with Crippen molar-refractivity contribution >= 4 is 96.1 Å². The van der Waals surface area contributed by atoms with Gasteiger partial charge in [0.1, 0.15) is 36.3 Å². The van der Waals surface area contributed by atoms with E-state index in [9.17, 15) is 91.8 Å². The molecular formula is C47H68N10O26P4S-2. The molecule has 11 N–H and O–H groups in total. The molecule has 7 rings (SSSR count). The molecule has 3 amide bonds. The Morgan fingerprint density at radius 1 is 0.784 bits per heavy atom. The maximum absolute atomic E-state index is 12.8. The predicted molar refractivity (Wildman–Crippen MR) is 295 cm³/mol. The number of carbonyl (C=O) groups excluding carboxylic acids is 4. The van der Waals surface area contributed by atoms with Crippen molar-refractivity contribution in [3.05, 3.63) is 49.0 Å². The molecule has 2 aromatic rings. The number of Topliss-reactive ketones (excluding diaryl/α,β-unsaturated/α-hetero) is 1. The summed E-state index contributed by atoms with van der Waals surface area (Å²) in [6.45, 7) is -2.24. The first-order valence-electron chi connectivity index (χ1n) is 27.8. The number of phosphoric acid groups is 4. The Labute approximate surface area is 504 Å². The van der Waals surface area contributed by atoms with Crippen molar-refractivity contribution in [3.63, 3.8) is 0 Å². The lowest BCUT2D eigenvalue weighted by atomic mass is 9.94. The summed E-state index contributed by atoms with van der Waals surface area (Å²) in [6, 6.07) is 2.87. The van der Waals surface area contributed by atoms with E-state index in [4.69, 9.17) is 15.2 Å². The number of nitrogens with two attached hydrogens (primary N) is 1. The first-order chi connectivity index (χ1) is 41.4. The number of hydrogen-bond acceptors (Lipinski definition) is 29. The lowest BCUT2D eigenvalue weighted by molar-refractivity contribution is -0.552. The number of unbranched alkanes of at least 4 members (excludes halogenated alkanes) is 6. The summed E-state index contributed by atoms with van der Waals surface area (Å²) in [4.78, 5) is 144. The molecule has 0 saturated carbocycles. The molecular weight excluding hydrogens is 1280 g/mol. The highest BCUT2D eigenvalue weighted by atomic mass is 32.2. The Hall–Kier alpha value is -4.77. The van der Waals surface area contributed by atoms with Crippen molar-refractivity contribution in [1.82, 2.24) is 35.5 Å². The van der Waals surface area contributed by atoms with E-state index in [1.807, 2.05) is 16.7 Å². The fourth-order valence-electron chi connectivity index (χ4n) is 10.2. The van der Waals surface area contributed by atoms with E-state index in [1.165, 1.54) is 19.2 Å². The van der Waals surface area contributed by atoms with Gasteiger partial charge in [0.05, 0.1) is 18.8 Å². The van der Waals surface area contributed by atoms with Crippen LogP contribution in [0.25, 0.3) is 6.08 Å². The molecule has 490 valence electrons. The van der Waals surface area contributed by atoms with Gasteiger partial charge in [-0.05, 0) is 43.1 Å². The van der Waals surface area contributed by atoms with Crippen LogP contribution in [0.2, 0.25) is 0 Å². The highest BCUT2D eigenvalue weighted by Gasteiger charge is 2.55. The molecule has 0 aromatic carbocycles. The van der Waals surface area contributed by atoms with Crippen LogP contribution < -0.4 is 58.1 Å². The minimum absolute atomic E-state index is 0.0243. The number of amides is 3. The van der Waals surface area contributed by atoms with Crippen molar-refractivity contribution in [2.75, 3.05) is 44.8 Å². The number of rotatable bonds is 35. The number of ether oxygens (including phenoxy) is 2. The van der Waals surface area contributed by atoms with Crippen molar-refractivity contribution in [3.8, 4) is 0 Å². The summed E-state index contributed by atoms with van der Waals surface area (Å²) in [7, 11) is -24.7. The normalized spacial score (nSPS) is 27.6. The molecule has 0 bridgehead atoms. The van der Waals surface area contributed by atoms with Crippen LogP contribution in [0, 0.1) is 5.92 Å². The number of aliphatic hydroxyl groups excluding tert-OH is 4. The third-order valence-electron chi connectivity index (χ3n) is 14.5. The number of ketones is 1. The number of nitrogens with one attached hydrogen (secondary N) is 5. The Morgan fingerprint density at radius 3 is 2.02 bits per heavy atom. The van der Waals surface area contributed by atoms with Gasteiger partial charge in [-0.15, -0.1) is 4.98 Å². The van der Waals surface area contributed by atoms with E-state index < -0.39 is 110 Å². The van der Waals surface area contributed by atoms with Crippen LogP contribution in [0.3, 0.4) is 0 Å². The average molecular weight is 1350 g/mol. The molecule has 7 unspecified atom stereocenters. The molecule has 7 heterocycles. The van der Waals surface area contributed by atoms with E-state index in [1.54, 1.807) is 0 Å². The van der Waals surface area contributed by atoms with Crippen molar-refractivity contribution in [2.45, 2.75) is 157 Å². The summed E-state index contributed by atoms with van der Waals surface area (Å²) in [5.41, 5.74) is 2.38. The standard InChI is InChI=1S/C47H70N10O26P4S/c1-55-25-57(41-36(55)43(67)53-46(48)52-41)45-40(65)38(63)31(80-45)23-78-85(71,72)82-87(75,76)83-86(73,74)81-84(69,70)77-22-30-37(62)39(64)44(79-30)56-21-26(42(66)54-47(56)68)12-11-19-50-33(59)16-7-3-2-5-13-27(58)14-6-4-10-18-49-34(60)17-9-8-15-32-28-20-35(61)51-29(28)24-88-32/h11-12,21,28-32,37-40,44-45,62-65H,2-10,13-20,22-24H2,1H3,(H9-2,48,49,50,51,52,53,54,59,60,61,66,67,68,69,70,71,72,73,74,75,76)/p-2/b12-11+/t28-,29-,30-,31-,32-,37+,38?,39?,40?,44-,45-/m1/s1. The third kappa shape index (κ3) is 19.9. The Morgan fingerprint density at radius 2 is 1.36 bits per heavy atom. The van der Waals surface area contributed by atoms with Crippen molar-refractivity contribution in [2.24, 2.45) is 5.92 Å². The molecule has 4 fully saturated rings. The van der Waals surface area contributed by atoms with Crippen LogP contribution in [-0.2, 0) is 68.9 Å². The molecule has 41 heteroatoms. The molecule has 15 atom stereocenters. The Kier molecular flexibility index (Phi) is 24.9. The molecule has 0 aliphatic carbocycles. The van der Waals surface area contributed by atoms with E-state index in [2.05, 4.69) is 53.9 Å². The highest BCUT2D eigenvalue weighted by molar-refractivity contribution is 8.00. The van der Waals surface area contributed by atoms with Gasteiger partial charge in [-0.25, -0.2) is 17.7 Å². The number of aromatic nitrogens is 4. The van der Waals surface area contributed by atoms with Gasteiger partial charge in [0.25, 0.3) is 36.9 Å². The minimum atomic E-state index is -6.75. The number of phosphoric ester groups is 2. The number of thioether (sulfide) groups is 1. The van der Waals surface area contributed by atoms with Gasteiger partial charge >= 0.3 is 35.0 Å². The van der Waals surface area contributed by atoms with E-state index >= 15 is 0 Å². The smallest absolute Gasteiger partial charge is 0.493 e. The maximum atomic E-state index is 12.8. The summed E-state index contributed by atoms with van der Waals surface area (Å²) in [5, 5.41) is 51.6. The van der Waals surface area contributed by atoms with Crippen LogP contribution in [0.1, 0.15) is 108 Å². The predicted octanol–water partition coefficient (Wildman–Crippen LogP) is -3.07. The number of carbonyl (C=O) groups is 4. The molecule has 0 radical (unpaired) electrons. The van der Waals surface area contributed by atoms with Crippen LogP contribution >= 0.6 is 43.1 Å². The number of anilines is 1. The van der Waals surface area contributed by atoms with E-state index in [0.717, 1.165) is 66.0 Å². The third-order valence-corrected chi connectivity index (χ3v) is 21.8. The molecule has 5 aliphatic heterocycles. The maximum Gasteiger partial charge on any atom is 0.493 e. The molecule has 2 aromatic heterocycles. The van der Waals surface area contributed by atoms with Crippen LogP contribution in [0.15, 0.2) is 26.7 Å². The number of aromatic amines is 2. The zero-order chi connectivity index (χ0) is 64.3. The number of nitrogens with zero attached hydrogens (tertiary/aromatic N) is 4.